The highest BCUT2D eigenvalue weighted by Crippen LogP contribution is 2.30. The summed E-state index contributed by atoms with van der Waals surface area (Å²) < 4.78 is 0. The van der Waals surface area contributed by atoms with Gasteiger partial charge in [-0.15, -0.1) is 11.3 Å². The molecule has 2 rings (SSSR count). The largest absolute Gasteiger partial charge is 0.477 e. The maximum atomic E-state index is 10.9. The van der Waals surface area contributed by atoms with E-state index in [-0.39, 0.29) is 4.88 Å². The monoisotopic (exact) mass is 235 g/mol. The number of nitrogen functional groups attached to an aromatic ring is 1. The van der Waals surface area contributed by atoms with E-state index in [1.807, 2.05) is 0 Å². The molecule has 0 unspecified atom stereocenters. The average Bonchev–Trinajstić information content (AvgIpc) is 2.61. The Morgan fingerprint density at radius 2 is 2.31 bits per heavy atom. The van der Waals surface area contributed by atoms with Crippen LogP contribution in [0.1, 0.15) is 15.4 Å². The summed E-state index contributed by atoms with van der Waals surface area (Å²) in [7, 11) is 0. The Labute approximate surface area is 95.6 Å². The Morgan fingerprint density at radius 1 is 1.56 bits per heavy atom. The number of nitrogens with two attached hydrogens (primary N) is 1. The number of thiazole rings is 1. The fourth-order valence-corrected chi connectivity index (χ4v) is 2.25. The first-order valence-electron chi connectivity index (χ1n) is 4.51. The molecule has 0 fully saturated rings. The molecule has 0 radical (unpaired) electrons. The van der Waals surface area contributed by atoms with Gasteiger partial charge in [0.2, 0.25) is 0 Å². The standard InChI is InChI=1S/C10H9N3O2S/c1-5-7(10(14)15)16-9(13-5)6-3-2-4-12-8(6)11/h2-4H,1H3,(H2,11,12)(H,14,15). The zero-order valence-corrected chi connectivity index (χ0v) is 9.28. The Morgan fingerprint density at radius 3 is 2.88 bits per heavy atom. The minimum atomic E-state index is -0.969. The summed E-state index contributed by atoms with van der Waals surface area (Å²) in [6.45, 7) is 1.66. The predicted molar refractivity (Wildman–Crippen MR) is 61.5 cm³/mol. The van der Waals surface area contributed by atoms with E-state index in [1.165, 1.54) is 0 Å². The highest BCUT2D eigenvalue weighted by Gasteiger charge is 2.16. The third kappa shape index (κ3) is 1.74. The van der Waals surface area contributed by atoms with E-state index in [9.17, 15) is 4.79 Å². The van der Waals surface area contributed by atoms with Gasteiger partial charge in [-0.3, -0.25) is 0 Å². The molecule has 0 aliphatic rings. The number of aromatic carboxylic acids is 1. The topological polar surface area (TPSA) is 89.1 Å². The van der Waals surface area contributed by atoms with Crippen molar-refractivity contribution >= 4 is 23.1 Å². The molecular formula is C10H9N3O2S. The lowest BCUT2D eigenvalue weighted by Gasteiger charge is -1.98. The molecule has 0 aromatic carbocycles. The van der Waals surface area contributed by atoms with Gasteiger partial charge in [-0.25, -0.2) is 14.8 Å². The fourth-order valence-electron chi connectivity index (χ4n) is 1.31. The molecule has 0 bridgehead atoms. The van der Waals surface area contributed by atoms with Crippen LogP contribution in [0.15, 0.2) is 18.3 Å². The van der Waals surface area contributed by atoms with E-state index < -0.39 is 5.97 Å². The number of carboxylic acid groups (broad SMARTS) is 1. The molecule has 82 valence electrons. The molecule has 2 aromatic heterocycles. The maximum Gasteiger partial charge on any atom is 0.347 e. The second kappa shape index (κ2) is 3.90. The number of carbonyl (C=O) groups is 1. The lowest BCUT2D eigenvalue weighted by Crippen LogP contribution is -1.94. The molecule has 0 amide bonds. The van der Waals surface area contributed by atoms with Gasteiger partial charge in [0.25, 0.3) is 0 Å². The normalized spacial score (nSPS) is 10.3. The molecule has 3 N–H and O–H groups in total. The number of rotatable bonds is 2. The van der Waals surface area contributed by atoms with Gasteiger partial charge in [-0.2, -0.15) is 0 Å². The van der Waals surface area contributed by atoms with Crippen molar-refractivity contribution in [3.05, 3.63) is 28.9 Å². The predicted octanol–water partition coefficient (Wildman–Crippen LogP) is 1.79. The molecule has 2 heterocycles. The first-order chi connectivity index (χ1) is 7.59. The van der Waals surface area contributed by atoms with Crippen LogP contribution in [0.25, 0.3) is 10.6 Å². The molecule has 0 atom stereocenters. The smallest absolute Gasteiger partial charge is 0.347 e. The zero-order valence-electron chi connectivity index (χ0n) is 8.47. The van der Waals surface area contributed by atoms with Gasteiger partial charge >= 0.3 is 5.97 Å². The maximum absolute atomic E-state index is 10.9. The van der Waals surface area contributed by atoms with E-state index in [1.54, 1.807) is 25.3 Å². The lowest BCUT2D eigenvalue weighted by molar-refractivity contribution is 0.0701. The molecule has 5 nitrogen and oxygen atoms in total. The number of nitrogens with zero attached hydrogens (tertiary/aromatic N) is 2. The summed E-state index contributed by atoms with van der Waals surface area (Å²) in [5.41, 5.74) is 6.86. The second-order valence-corrected chi connectivity index (χ2v) is 4.17. The van der Waals surface area contributed by atoms with Crippen molar-refractivity contribution < 1.29 is 9.90 Å². The van der Waals surface area contributed by atoms with Crippen LogP contribution in [0, 0.1) is 6.92 Å². The molecule has 16 heavy (non-hydrogen) atoms. The third-order valence-corrected chi connectivity index (χ3v) is 3.24. The number of hydrogen-bond acceptors (Lipinski definition) is 5. The van der Waals surface area contributed by atoms with E-state index in [4.69, 9.17) is 10.8 Å². The van der Waals surface area contributed by atoms with Crippen LogP contribution in [0.3, 0.4) is 0 Å². The van der Waals surface area contributed by atoms with Crippen LogP contribution >= 0.6 is 11.3 Å². The fraction of sp³-hybridized carbons (Fsp3) is 0.100. The van der Waals surface area contributed by atoms with Gasteiger partial charge in [-0.1, -0.05) is 0 Å². The summed E-state index contributed by atoms with van der Waals surface area (Å²) in [5, 5.41) is 9.50. The molecule has 2 aromatic rings. The van der Waals surface area contributed by atoms with Crippen LogP contribution in [-0.4, -0.2) is 21.0 Å². The van der Waals surface area contributed by atoms with Crippen LogP contribution in [0.2, 0.25) is 0 Å². The van der Waals surface area contributed by atoms with E-state index in [0.717, 1.165) is 11.3 Å². The highest BCUT2D eigenvalue weighted by molar-refractivity contribution is 7.17. The van der Waals surface area contributed by atoms with Gasteiger partial charge < -0.3 is 10.8 Å². The Bertz CT molecular complexity index is 551. The summed E-state index contributed by atoms with van der Waals surface area (Å²) in [6.07, 6.45) is 1.58. The van der Waals surface area contributed by atoms with Crippen molar-refractivity contribution in [1.82, 2.24) is 9.97 Å². The number of hydrogen-bond donors (Lipinski definition) is 2. The van der Waals surface area contributed by atoms with Crippen molar-refractivity contribution in [3.63, 3.8) is 0 Å². The summed E-state index contributed by atoms with van der Waals surface area (Å²) in [6, 6.07) is 3.51. The Kier molecular flexibility index (Phi) is 2.57. The number of carboxylic acids is 1. The number of anilines is 1. The zero-order chi connectivity index (χ0) is 11.7. The van der Waals surface area contributed by atoms with Crippen LogP contribution in [-0.2, 0) is 0 Å². The Hall–Kier alpha value is -1.95. The van der Waals surface area contributed by atoms with Gasteiger partial charge in [0, 0.05) is 6.20 Å². The van der Waals surface area contributed by atoms with Crippen LogP contribution < -0.4 is 5.73 Å². The van der Waals surface area contributed by atoms with Crippen molar-refractivity contribution in [2.24, 2.45) is 0 Å². The molecule has 0 saturated heterocycles. The molecular weight excluding hydrogens is 226 g/mol. The van der Waals surface area contributed by atoms with Gasteiger partial charge in [0.15, 0.2) is 0 Å². The van der Waals surface area contributed by atoms with E-state index in [0.29, 0.717) is 22.1 Å². The number of aryl methyl sites for hydroxylation is 1. The highest BCUT2D eigenvalue weighted by atomic mass is 32.1. The van der Waals surface area contributed by atoms with Gasteiger partial charge in [0.05, 0.1) is 11.3 Å². The Balaban J connectivity index is 2.54. The summed E-state index contributed by atoms with van der Waals surface area (Å²) in [4.78, 5) is 19.2. The molecule has 6 heteroatoms. The quantitative estimate of drug-likeness (QED) is 0.828. The first-order valence-corrected chi connectivity index (χ1v) is 5.33. The third-order valence-electron chi connectivity index (χ3n) is 2.06. The second-order valence-electron chi connectivity index (χ2n) is 3.17. The minimum absolute atomic E-state index is 0.234. The van der Waals surface area contributed by atoms with Gasteiger partial charge in [0.1, 0.15) is 15.7 Å². The first kappa shape index (κ1) is 10.6. The van der Waals surface area contributed by atoms with Gasteiger partial charge in [-0.05, 0) is 19.1 Å². The number of pyridine rings is 1. The SMILES string of the molecule is Cc1nc(-c2cccnc2N)sc1C(=O)O. The lowest BCUT2D eigenvalue weighted by atomic mass is 10.3. The van der Waals surface area contributed by atoms with Crippen LogP contribution in [0.4, 0.5) is 5.82 Å². The minimum Gasteiger partial charge on any atom is -0.477 e. The van der Waals surface area contributed by atoms with Crippen LogP contribution in [0.5, 0.6) is 0 Å². The van der Waals surface area contributed by atoms with E-state index >= 15 is 0 Å². The summed E-state index contributed by atoms with van der Waals surface area (Å²) >= 11 is 1.10. The average molecular weight is 235 g/mol. The van der Waals surface area contributed by atoms with Crippen molar-refractivity contribution in [3.8, 4) is 10.6 Å². The van der Waals surface area contributed by atoms with Crippen molar-refractivity contribution in [2.45, 2.75) is 6.92 Å². The summed E-state index contributed by atoms with van der Waals surface area (Å²) in [5.74, 6) is -0.614. The molecule has 0 aliphatic heterocycles. The molecule has 0 aliphatic carbocycles. The molecule has 0 saturated carbocycles. The van der Waals surface area contributed by atoms with Crippen molar-refractivity contribution in [2.75, 3.05) is 5.73 Å². The number of aromatic nitrogens is 2. The van der Waals surface area contributed by atoms with Crippen molar-refractivity contribution in [1.29, 1.82) is 0 Å². The van der Waals surface area contributed by atoms with E-state index in [2.05, 4.69) is 9.97 Å². The molecule has 0 spiro atoms.